The van der Waals surface area contributed by atoms with Crippen molar-refractivity contribution in [2.24, 2.45) is 0 Å². The van der Waals surface area contributed by atoms with Crippen molar-refractivity contribution in [1.29, 1.82) is 0 Å². The summed E-state index contributed by atoms with van der Waals surface area (Å²) in [5.41, 5.74) is 1.10. The third kappa shape index (κ3) is 4.69. The lowest BCUT2D eigenvalue weighted by atomic mass is 10.1. The highest BCUT2D eigenvalue weighted by atomic mass is 32.2. The van der Waals surface area contributed by atoms with Crippen molar-refractivity contribution in [1.82, 2.24) is 9.03 Å². The van der Waals surface area contributed by atoms with Crippen molar-refractivity contribution in [3.63, 3.8) is 0 Å². The first-order valence-electron chi connectivity index (χ1n) is 7.38. The van der Waals surface area contributed by atoms with Crippen LogP contribution in [-0.2, 0) is 16.6 Å². The summed E-state index contributed by atoms with van der Waals surface area (Å²) in [6, 6.07) is 7.81. The molecule has 21 heavy (non-hydrogen) atoms. The van der Waals surface area contributed by atoms with Gasteiger partial charge >= 0.3 is 0 Å². The molecule has 2 rings (SSSR count). The number of benzene rings is 1. The first-order valence-corrected chi connectivity index (χ1v) is 8.82. The van der Waals surface area contributed by atoms with Crippen molar-refractivity contribution in [3.05, 3.63) is 29.8 Å². The zero-order chi connectivity index (χ0) is 15.3. The fourth-order valence-corrected chi connectivity index (χ4v) is 3.71. The van der Waals surface area contributed by atoms with Crippen LogP contribution in [0.4, 0.5) is 0 Å². The SMILES string of the molecule is COc1ccc(CCN(C)S(=O)(=O)NC2CCCC2)cc1. The molecule has 1 aliphatic rings. The molecule has 1 saturated carbocycles. The standard InChI is InChI=1S/C15H24N2O3S/c1-17(21(18,19)16-14-5-3-4-6-14)12-11-13-7-9-15(20-2)10-8-13/h7-10,14,16H,3-6,11-12H2,1-2H3. The van der Waals surface area contributed by atoms with Crippen LogP contribution in [0.3, 0.4) is 0 Å². The van der Waals surface area contributed by atoms with Crippen LogP contribution in [0.25, 0.3) is 0 Å². The number of hydrogen-bond acceptors (Lipinski definition) is 3. The number of rotatable bonds is 7. The van der Waals surface area contributed by atoms with E-state index < -0.39 is 10.2 Å². The van der Waals surface area contributed by atoms with Crippen LogP contribution in [0.1, 0.15) is 31.2 Å². The van der Waals surface area contributed by atoms with Gasteiger partial charge in [-0.25, -0.2) is 0 Å². The molecular formula is C15H24N2O3S. The van der Waals surface area contributed by atoms with Gasteiger partial charge in [-0.3, -0.25) is 0 Å². The maximum Gasteiger partial charge on any atom is 0.279 e. The summed E-state index contributed by atoms with van der Waals surface area (Å²) in [4.78, 5) is 0. The molecule has 0 bridgehead atoms. The molecule has 6 heteroatoms. The van der Waals surface area contributed by atoms with E-state index in [4.69, 9.17) is 4.74 Å². The van der Waals surface area contributed by atoms with E-state index in [1.165, 1.54) is 4.31 Å². The molecule has 0 aromatic heterocycles. The maximum atomic E-state index is 12.2. The van der Waals surface area contributed by atoms with Gasteiger partial charge in [0.2, 0.25) is 0 Å². The Morgan fingerprint density at radius 3 is 2.43 bits per heavy atom. The zero-order valence-corrected chi connectivity index (χ0v) is 13.5. The Kier molecular flexibility index (Phi) is 5.61. The van der Waals surface area contributed by atoms with E-state index in [0.717, 1.165) is 37.0 Å². The number of nitrogens with zero attached hydrogens (tertiary/aromatic N) is 1. The van der Waals surface area contributed by atoms with Gasteiger partial charge in [0.05, 0.1) is 7.11 Å². The monoisotopic (exact) mass is 312 g/mol. The van der Waals surface area contributed by atoms with E-state index in [1.807, 2.05) is 24.3 Å². The molecule has 1 N–H and O–H groups in total. The van der Waals surface area contributed by atoms with Crippen molar-refractivity contribution in [2.45, 2.75) is 38.1 Å². The van der Waals surface area contributed by atoms with Crippen LogP contribution in [0.15, 0.2) is 24.3 Å². The molecule has 0 saturated heterocycles. The minimum atomic E-state index is -3.37. The molecule has 1 aromatic carbocycles. The first kappa shape index (κ1) is 16.3. The van der Waals surface area contributed by atoms with Gasteiger partial charge in [-0.2, -0.15) is 17.4 Å². The summed E-state index contributed by atoms with van der Waals surface area (Å²) < 4.78 is 33.7. The van der Waals surface area contributed by atoms with Gasteiger partial charge in [0.25, 0.3) is 10.2 Å². The minimum absolute atomic E-state index is 0.110. The molecular weight excluding hydrogens is 288 g/mol. The average Bonchev–Trinajstić information content (AvgIpc) is 2.97. The van der Waals surface area contributed by atoms with E-state index in [2.05, 4.69) is 4.72 Å². The van der Waals surface area contributed by atoms with Crippen LogP contribution in [-0.4, -0.2) is 39.5 Å². The van der Waals surface area contributed by atoms with Gasteiger partial charge in [-0.15, -0.1) is 0 Å². The molecule has 0 atom stereocenters. The van der Waals surface area contributed by atoms with E-state index in [9.17, 15) is 8.42 Å². The second-order valence-electron chi connectivity index (χ2n) is 5.52. The van der Waals surface area contributed by atoms with E-state index in [1.54, 1.807) is 14.2 Å². The molecule has 0 spiro atoms. The lowest BCUT2D eigenvalue weighted by Crippen LogP contribution is -2.43. The Labute approximate surface area is 127 Å². The largest absolute Gasteiger partial charge is 0.497 e. The topological polar surface area (TPSA) is 58.6 Å². The van der Waals surface area contributed by atoms with Gasteiger partial charge < -0.3 is 4.74 Å². The summed E-state index contributed by atoms with van der Waals surface area (Å²) in [6.07, 6.45) is 4.81. The predicted molar refractivity (Wildman–Crippen MR) is 83.6 cm³/mol. The lowest BCUT2D eigenvalue weighted by molar-refractivity contribution is 0.414. The fourth-order valence-electron chi connectivity index (χ4n) is 2.54. The number of ether oxygens (including phenoxy) is 1. The molecule has 0 unspecified atom stereocenters. The van der Waals surface area contributed by atoms with E-state index in [0.29, 0.717) is 13.0 Å². The van der Waals surface area contributed by atoms with Gasteiger partial charge in [0, 0.05) is 19.6 Å². The zero-order valence-electron chi connectivity index (χ0n) is 12.7. The van der Waals surface area contributed by atoms with Crippen molar-refractivity contribution >= 4 is 10.2 Å². The van der Waals surface area contributed by atoms with Crippen LogP contribution in [0.2, 0.25) is 0 Å². The number of hydrogen-bond donors (Lipinski definition) is 1. The summed E-state index contributed by atoms with van der Waals surface area (Å²) >= 11 is 0. The second-order valence-corrected chi connectivity index (χ2v) is 7.33. The van der Waals surface area contributed by atoms with Crippen molar-refractivity contribution in [3.8, 4) is 5.75 Å². The Morgan fingerprint density at radius 1 is 1.24 bits per heavy atom. The fraction of sp³-hybridized carbons (Fsp3) is 0.600. The second kappa shape index (κ2) is 7.24. The molecule has 5 nitrogen and oxygen atoms in total. The number of methoxy groups -OCH3 is 1. The number of nitrogens with one attached hydrogen (secondary N) is 1. The molecule has 0 amide bonds. The van der Waals surface area contributed by atoms with Gasteiger partial charge in [0.1, 0.15) is 5.75 Å². The summed E-state index contributed by atoms with van der Waals surface area (Å²) in [5.74, 6) is 0.808. The first-order chi connectivity index (χ1) is 10.0. The van der Waals surface area contributed by atoms with Crippen LogP contribution in [0.5, 0.6) is 5.75 Å². The van der Waals surface area contributed by atoms with Crippen LogP contribution >= 0.6 is 0 Å². The third-order valence-electron chi connectivity index (χ3n) is 3.96. The Hall–Kier alpha value is -1.11. The lowest BCUT2D eigenvalue weighted by Gasteiger charge is -2.20. The molecule has 1 aliphatic carbocycles. The summed E-state index contributed by atoms with van der Waals surface area (Å²) in [5, 5.41) is 0. The third-order valence-corrected chi connectivity index (χ3v) is 5.59. The average molecular weight is 312 g/mol. The maximum absolute atomic E-state index is 12.2. The van der Waals surface area contributed by atoms with E-state index in [-0.39, 0.29) is 6.04 Å². The highest BCUT2D eigenvalue weighted by Gasteiger charge is 2.24. The van der Waals surface area contributed by atoms with Crippen LogP contribution in [0, 0.1) is 0 Å². The van der Waals surface area contributed by atoms with Crippen LogP contribution < -0.4 is 9.46 Å². The van der Waals surface area contributed by atoms with E-state index >= 15 is 0 Å². The smallest absolute Gasteiger partial charge is 0.279 e. The minimum Gasteiger partial charge on any atom is -0.497 e. The van der Waals surface area contributed by atoms with Gasteiger partial charge in [-0.05, 0) is 37.0 Å². The highest BCUT2D eigenvalue weighted by molar-refractivity contribution is 7.87. The molecule has 118 valence electrons. The molecule has 1 aromatic rings. The Bertz CT molecular complexity index is 537. The predicted octanol–water partition coefficient (Wildman–Crippen LogP) is 1.95. The quantitative estimate of drug-likeness (QED) is 0.837. The molecule has 0 radical (unpaired) electrons. The van der Waals surface area contributed by atoms with Crippen molar-refractivity contribution < 1.29 is 13.2 Å². The Morgan fingerprint density at radius 2 is 1.86 bits per heavy atom. The summed E-state index contributed by atoms with van der Waals surface area (Å²) in [7, 11) is -0.113. The number of likely N-dealkylation sites (N-methyl/N-ethyl adjacent to an activating group) is 1. The molecule has 1 fully saturated rings. The normalized spacial score (nSPS) is 16.5. The molecule has 0 aliphatic heterocycles. The van der Waals surface area contributed by atoms with Gasteiger partial charge in [0.15, 0.2) is 0 Å². The van der Waals surface area contributed by atoms with Gasteiger partial charge in [-0.1, -0.05) is 25.0 Å². The Balaban J connectivity index is 1.85. The van der Waals surface area contributed by atoms with Crippen molar-refractivity contribution in [2.75, 3.05) is 20.7 Å². The highest BCUT2D eigenvalue weighted by Crippen LogP contribution is 2.19. The summed E-state index contributed by atoms with van der Waals surface area (Å²) in [6.45, 7) is 0.467. The molecule has 0 heterocycles.